The van der Waals surface area contributed by atoms with Gasteiger partial charge in [0.1, 0.15) is 5.25 Å². The average Bonchev–Trinajstić information content (AvgIpc) is 3.07. The maximum Gasteiger partial charge on any atom is 0.240 e. The highest BCUT2D eigenvalue weighted by Crippen LogP contribution is 2.39. The highest BCUT2D eigenvalue weighted by Gasteiger charge is 2.33. The van der Waals surface area contributed by atoms with Crippen LogP contribution in [0.5, 0.6) is 0 Å². The summed E-state index contributed by atoms with van der Waals surface area (Å²) in [7, 11) is 0. The van der Waals surface area contributed by atoms with E-state index in [0.29, 0.717) is 5.92 Å². The van der Waals surface area contributed by atoms with Crippen LogP contribution in [0.1, 0.15) is 46.5 Å². The summed E-state index contributed by atoms with van der Waals surface area (Å²) in [5.74, 6) is 1.67. The van der Waals surface area contributed by atoms with E-state index in [-0.39, 0.29) is 11.2 Å². The number of thioether (sulfide) groups is 1. The molecular weight excluding hydrogens is 318 g/mol. The van der Waals surface area contributed by atoms with Gasteiger partial charge in [-0.2, -0.15) is 5.10 Å². The van der Waals surface area contributed by atoms with Crippen molar-refractivity contribution in [3.05, 3.63) is 52.8 Å². The Morgan fingerprint density at radius 1 is 1.38 bits per heavy atom. The van der Waals surface area contributed by atoms with E-state index in [4.69, 9.17) is 0 Å². The molecule has 2 atom stereocenters. The number of aromatic amines is 1. The number of carbonyl (C=O) groups is 1. The number of H-pyrrole nitrogens is 1. The zero-order valence-electron chi connectivity index (χ0n) is 14.0. The molecule has 4 nitrogen and oxygen atoms in total. The number of fused-ring (bicyclic) bond motifs is 1. The number of rotatable bonds is 2. The quantitative estimate of drug-likeness (QED) is 0.910. The summed E-state index contributed by atoms with van der Waals surface area (Å²) in [5.41, 5.74) is 4.74. The minimum absolute atomic E-state index is 0.0328. The Morgan fingerprint density at radius 3 is 3.08 bits per heavy atom. The number of nitrogens with zero attached hydrogens (tertiary/aromatic N) is 2. The first-order chi connectivity index (χ1) is 11.7. The number of aryl methyl sites for hydroxylation is 2. The number of aromatic nitrogens is 2. The van der Waals surface area contributed by atoms with Crippen molar-refractivity contribution in [1.29, 1.82) is 0 Å². The molecule has 5 heteroatoms. The van der Waals surface area contributed by atoms with E-state index < -0.39 is 0 Å². The topological polar surface area (TPSA) is 49.0 Å². The molecular formula is C19H23N3OS. The van der Waals surface area contributed by atoms with Crippen LogP contribution in [0.2, 0.25) is 0 Å². The van der Waals surface area contributed by atoms with Gasteiger partial charge >= 0.3 is 0 Å². The lowest BCUT2D eigenvalue weighted by Gasteiger charge is -2.35. The van der Waals surface area contributed by atoms with Gasteiger partial charge in [0.15, 0.2) is 0 Å². The van der Waals surface area contributed by atoms with Crippen LogP contribution in [0.3, 0.4) is 0 Å². The van der Waals surface area contributed by atoms with Crippen molar-refractivity contribution in [2.24, 2.45) is 0 Å². The van der Waals surface area contributed by atoms with Gasteiger partial charge in [-0.3, -0.25) is 9.89 Å². The van der Waals surface area contributed by atoms with Gasteiger partial charge in [0.05, 0.1) is 5.69 Å². The lowest BCUT2D eigenvalue weighted by Crippen LogP contribution is -2.41. The summed E-state index contributed by atoms with van der Waals surface area (Å²) in [5, 5.41) is 7.41. The minimum atomic E-state index is -0.0328. The van der Waals surface area contributed by atoms with Crippen molar-refractivity contribution >= 4 is 17.7 Å². The molecule has 0 bridgehead atoms. The zero-order chi connectivity index (χ0) is 16.5. The van der Waals surface area contributed by atoms with Crippen LogP contribution in [0, 0.1) is 6.92 Å². The van der Waals surface area contributed by atoms with Gasteiger partial charge in [-0.15, -0.1) is 11.8 Å². The Labute approximate surface area is 147 Å². The van der Waals surface area contributed by atoms with E-state index in [0.717, 1.165) is 49.5 Å². The molecule has 1 amide bonds. The average molecular weight is 341 g/mol. The molecule has 1 aromatic carbocycles. The first-order valence-corrected chi connectivity index (χ1v) is 9.77. The summed E-state index contributed by atoms with van der Waals surface area (Å²) in [4.78, 5) is 15.2. The molecule has 24 heavy (non-hydrogen) atoms. The van der Waals surface area contributed by atoms with Crippen molar-refractivity contribution in [2.45, 2.75) is 37.4 Å². The lowest BCUT2D eigenvalue weighted by atomic mass is 9.93. The highest BCUT2D eigenvalue weighted by atomic mass is 32.2. The molecule has 0 saturated carbocycles. The fraction of sp³-hybridized carbons (Fsp3) is 0.474. The number of hydrogen-bond acceptors (Lipinski definition) is 3. The Kier molecular flexibility index (Phi) is 4.35. The SMILES string of the molecule is Cc1cc(C2CCCN(C(=O)C3SCCc4ccccc43)C2)n[nH]1. The van der Waals surface area contributed by atoms with Crippen LogP contribution in [-0.2, 0) is 11.2 Å². The monoisotopic (exact) mass is 341 g/mol. The first-order valence-electron chi connectivity index (χ1n) is 8.72. The van der Waals surface area contributed by atoms with Crippen LogP contribution in [0.15, 0.2) is 30.3 Å². The number of amides is 1. The van der Waals surface area contributed by atoms with Crippen molar-refractivity contribution in [2.75, 3.05) is 18.8 Å². The van der Waals surface area contributed by atoms with Crippen LogP contribution in [0.4, 0.5) is 0 Å². The molecule has 0 aliphatic carbocycles. The van der Waals surface area contributed by atoms with E-state index in [1.807, 2.05) is 6.92 Å². The molecule has 4 rings (SSSR count). The molecule has 2 unspecified atom stereocenters. The second kappa shape index (κ2) is 6.63. The van der Waals surface area contributed by atoms with Crippen LogP contribution < -0.4 is 0 Å². The van der Waals surface area contributed by atoms with E-state index >= 15 is 0 Å². The molecule has 0 radical (unpaired) electrons. The van der Waals surface area contributed by atoms with E-state index in [1.54, 1.807) is 11.8 Å². The highest BCUT2D eigenvalue weighted by molar-refractivity contribution is 8.00. The Bertz CT molecular complexity index is 742. The third-order valence-electron chi connectivity index (χ3n) is 5.09. The van der Waals surface area contributed by atoms with Gasteiger partial charge in [-0.05, 0) is 49.1 Å². The van der Waals surface area contributed by atoms with E-state index in [1.165, 1.54) is 11.1 Å². The largest absolute Gasteiger partial charge is 0.341 e. The number of hydrogen-bond donors (Lipinski definition) is 1. The number of likely N-dealkylation sites (tertiary alicyclic amines) is 1. The predicted molar refractivity (Wildman–Crippen MR) is 97.2 cm³/mol. The normalized spacial score (nSPS) is 23.8. The Hall–Kier alpha value is -1.75. The number of carbonyl (C=O) groups excluding carboxylic acids is 1. The second-order valence-corrected chi connectivity index (χ2v) is 8.01. The lowest BCUT2D eigenvalue weighted by molar-refractivity contribution is -0.132. The van der Waals surface area contributed by atoms with Gasteiger partial charge in [-0.1, -0.05) is 24.3 Å². The van der Waals surface area contributed by atoms with Crippen LogP contribution in [-0.4, -0.2) is 39.8 Å². The zero-order valence-corrected chi connectivity index (χ0v) is 14.8. The molecule has 3 heterocycles. The fourth-order valence-corrected chi connectivity index (χ4v) is 5.11. The van der Waals surface area contributed by atoms with Gasteiger partial charge in [-0.25, -0.2) is 0 Å². The summed E-state index contributed by atoms with van der Waals surface area (Å²) < 4.78 is 0. The van der Waals surface area contributed by atoms with Crippen molar-refractivity contribution < 1.29 is 4.79 Å². The molecule has 126 valence electrons. The van der Waals surface area contributed by atoms with Crippen LogP contribution in [0.25, 0.3) is 0 Å². The van der Waals surface area contributed by atoms with Crippen molar-refractivity contribution in [3.63, 3.8) is 0 Å². The molecule has 2 aromatic rings. The smallest absolute Gasteiger partial charge is 0.240 e. The number of piperidine rings is 1. The standard InChI is InChI=1S/C19H23N3OS/c1-13-11-17(21-20-13)15-6-4-9-22(12-15)19(23)18-16-7-3-2-5-14(16)8-10-24-18/h2-3,5,7,11,15,18H,4,6,8-10,12H2,1H3,(H,20,21). The molecule has 1 fully saturated rings. The van der Waals surface area contributed by atoms with E-state index in [2.05, 4.69) is 45.4 Å². The minimum Gasteiger partial charge on any atom is -0.341 e. The summed E-state index contributed by atoms with van der Waals surface area (Å²) in [6.07, 6.45) is 3.24. The van der Waals surface area contributed by atoms with Gasteiger partial charge in [0.2, 0.25) is 5.91 Å². The summed E-state index contributed by atoms with van der Waals surface area (Å²) >= 11 is 1.80. The third kappa shape index (κ3) is 2.97. The number of benzene rings is 1. The second-order valence-electron chi connectivity index (χ2n) is 6.80. The maximum absolute atomic E-state index is 13.2. The molecule has 1 saturated heterocycles. The molecule has 2 aliphatic heterocycles. The maximum atomic E-state index is 13.2. The molecule has 0 spiro atoms. The Balaban J connectivity index is 1.52. The van der Waals surface area contributed by atoms with Gasteiger partial charge in [0, 0.05) is 24.7 Å². The fourth-order valence-electron chi connectivity index (χ4n) is 3.83. The summed E-state index contributed by atoms with van der Waals surface area (Å²) in [6.45, 7) is 3.69. The molecule has 2 aliphatic rings. The van der Waals surface area contributed by atoms with E-state index in [9.17, 15) is 4.79 Å². The van der Waals surface area contributed by atoms with Crippen LogP contribution >= 0.6 is 11.8 Å². The van der Waals surface area contributed by atoms with Crippen molar-refractivity contribution in [1.82, 2.24) is 15.1 Å². The number of nitrogens with one attached hydrogen (secondary N) is 1. The van der Waals surface area contributed by atoms with Gasteiger partial charge in [0.25, 0.3) is 0 Å². The Morgan fingerprint density at radius 2 is 2.25 bits per heavy atom. The third-order valence-corrected chi connectivity index (χ3v) is 6.32. The van der Waals surface area contributed by atoms with Crippen molar-refractivity contribution in [3.8, 4) is 0 Å². The van der Waals surface area contributed by atoms with Gasteiger partial charge < -0.3 is 4.90 Å². The first kappa shape index (κ1) is 15.8. The molecule has 1 N–H and O–H groups in total. The summed E-state index contributed by atoms with van der Waals surface area (Å²) in [6, 6.07) is 10.5. The molecule has 1 aromatic heterocycles. The predicted octanol–water partition coefficient (Wildman–Crippen LogP) is 3.45.